The first-order chi connectivity index (χ1) is 5.07. The first-order valence-electron chi connectivity index (χ1n) is 3.31. The lowest BCUT2D eigenvalue weighted by Gasteiger charge is -1.90. The second kappa shape index (κ2) is 4.50. The molecule has 0 radical (unpaired) electrons. The number of carboxylic acid groups (broad SMARTS) is 1. The van der Waals surface area contributed by atoms with Gasteiger partial charge in [-0.3, -0.25) is 0 Å². The van der Waals surface area contributed by atoms with E-state index in [2.05, 4.69) is 6.58 Å². The van der Waals surface area contributed by atoms with E-state index in [1.165, 1.54) is 6.08 Å². The van der Waals surface area contributed by atoms with Crippen molar-refractivity contribution >= 4 is 5.97 Å². The predicted octanol–water partition coefficient (Wildman–Crippen LogP) is 2.15. The molecule has 0 saturated carbocycles. The Bertz CT molecular complexity index is 222. The number of hydrogen-bond donors (Lipinski definition) is 1. The molecule has 0 amide bonds. The van der Waals surface area contributed by atoms with E-state index < -0.39 is 5.97 Å². The van der Waals surface area contributed by atoms with Crippen LogP contribution in [0.15, 0.2) is 36.0 Å². The molecule has 0 saturated heterocycles. The summed E-state index contributed by atoms with van der Waals surface area (Å²) in [7, 11) is 0. The SMILES string of the molecule is C=C(C=CC(C)=CC)C(=O)O. The molecule has 1 N–H and O–H groups in total. The van der Waals surface area contributed by atoms with Crippen LogP contribution in [0.2, 0.25) is 0 Å². The van der Waals surface area contributed by atoms with Gasteiger partial charge in [-0.1, -0.05) is 24.3 Å². The Morgan fingerprint density at radius 3 is 2.36 bits per heavy atom. The van der Waals surface area contributed by atoms with Crippen molar-refractivity contribution in [2.24, 2.45) is 0 Å². The molecule has 0 unspecified atom stereocenters. The highest BCUT2D eigenvalue weighted by Gasteiger charge is 1.96. The first-order valence-corrected chi connectivity index (χ1v) is 3.31. The summed E-state index contributed by atoms with van der Waals surface area (Å²) in [6.07, 6.45) is 5.10. The first kappa shape index (κ1) is 9.69. The van der Waals surface area contributed by atoms with Crippen LogP contribution < -0.4 is 0 Å². The van der Waals surface area contributed by atoms with E-state index in [-0.39, 0.29) is 5.57 Å². The van der Waals surface area contributed by atoms with Crippen molar-refractivity contribution in [3.05, 3.63) is 36.0 Å². The Morgan fingerprint density at radius 2 is 2.00 bits per heavy atom. The van der Waals surface area contributed by atoms with Gasteiger partial charge in [0.15, 0.2) is 0 Å². The Labute approximate surface area is 66.5 Å². The van der Waals surface area contributed by atoms with Crippen LogP contribution in [0.3, 0.4) is 0 Å². The molecule has 0 atom stereocenters. The van der Waals surface area contributed by atoms with Crippen molar-refractivity contribution in [3.8, 4) is 0 Å². The second-order valence-electron chi connectivity index (χ2n) is 2.20. The summed E-state index contributed by atoms with van der Waals surface area (Å²) < 4.78 is 0. The van der Waals surface area contributed by atoms with E-state index in [9.17, 15) is 4.79 Å². The zero-order valence-corrected chi connectivity index (χ0v) is 6.79. The van der Waals surface area contributed by atoms with Crippen LogP contribution in [-0.4, -0.2) is 11.1 Å². The smallest absolute Gasteiger partial charge is 0.335 e. The number of carboxylic acids is 1. The average molecular weight is 152 g/mol. The number of allylic oxidation sites excluding steroid dienone is 3. The minimum absolute atomic E-state index is 0.103. The van der Waals surface area contributed by atoms with Crippen molar-refractivity contribution < 1.29 is 9.90 Å². The summed E-state index contributed by atoms with van der Waals surface area (Å²) in [5.74, 6) is -0.981. The maximum absolute atomic E-state index is 10.2. The molecule has 0 bridgehead atoms. The molecule has 0 fully saturated rings. The molecular weight excluding hydrogens is 140 g/mol. The number of hydrogen-bond acceptors (Lipinski definition) is 1. The molecule has 2 heteroatoms. The number of rotatable bonds is 3. The van der Waals surface area contributed by atoms with Gasteiger partial charge in [-0.15, -0.1) is 0 Å². The van der Waals surface area contributed by atoms with Gasteiger partial charge in [0, 0.05) is 0 Å². The van der Waals surface area contributed by atoms with Crippen LogP contribution in [0.5, 0.6) is 0 Å². The molecule has 0 spiro atoms. The zero-order valence-electron chi connectivity index (χ0n) is 6.79. The molecule has 0 aromatic rings. The fourth-order valence-corrected chi connectivity index (χ4v) is 0.400. The molecule has 0 rings (SSSR count). The van der Waals surface area contributed by atoms with E-state index in [4.69, 9.17) is 5.11 Å². The van der Waals surface area contributed by atoms with Gasteiger partial charge in [0.2, 0.25) is 0 Å². The third-order valence-corrected chi connectivity index (χ3v) is 1.28. The van der Waals surface area contributed by atoms with Crippen molar-refractivity contribution in [1.29, 1.82) is 0 Å². The fraction of sp³-hybridized carbons (Fsp3) is 0.222. The summed E-state index contributed by atoms with van der Waals surface area (Å²) in [4.78, 5) is 10.2. The molecule has 11 heavy (non-hydrogen) atoms. The maximum atomic E-state index is 10.2. The molecule has 60 valence electrons. The monoisotopic (exact) mass is 152 g/mol. The van der Waals surface area contributed by atoms with Gasteiger partial charge >= 0.3 is 5.97 Å². The van der Waals surface area contributed by atoms with Crippen molar-refractivity contribution in [1.82, 2.24) is 0 Å². The van der Waals surface area contributed by atoms with Crippen molar-refractivity contribution in [2.45, 2.75) is 13.8 Å². The minimum Gasteiger partial charge on any atom is -0.478 e. The van der Waals surface area contributed by atoms with Gasteiger partial charge in [-0.2, -0.15) is 0 Å². The molecule has 0 aromatic heterocycles. The highest BCUT2D eigenvalue weighted by molar-refractivity contribution is 5.89. The lowest BCUT2D eigenvalue weighted by Crippen LogP contribution is -1.94. The zero-order chi connectivity index (χ0) is 8.85. The van der Waals surface area contributed by atoms with Gasteiger partial charge < -0.3 is 5.11 Å². The average Bonchev–Trinajstić information content (AvgIpc) is 1.99. The molecule has 0 aliphatic heterocycles. The van der Waals surface area contributed by atoms with Crippen LogP contribution in [0.4, 0.5) is 0 Å². The lowest BCUT2D eigenvalue weighted by molar-refractivity contribution is -0.132. The normalized spacial score (nSPS) is 12.0. The highest BCUT2D eigenvalue weighted by atomic mass is 16.4. The standard InChI is InChI=1S/C9H12O2/c1-4-7(2)5-6-8(3)9(10)11/h4-6H,3H2,1-2H3,(H,10,11). The van der Waals surface area contributed by atoms with Gasteiger partial charge in [-0.25, -0.2) is 4.79 Å². The predicted molar refractivity (Wildman–Crippen MR) is 45.3 cm³/mol. The van der Waals surface area contributed by atoms with Crippen LogP contribution in [0.25, 0.3) is 0 Å². The summed E-state index contributed by atoms with van der Waals surface area (Å²) in [5, 5.41) is 8.40. The summed E-state index contributed by atoms with van der Waals surface area (Å²) in [6.45, 7) is 7.13. The number of carbonyl (C=O) groups is 1. The van der Waals surface area contributed by atoms with Crippen LogP contribution >= 0.6 is 0 Å². The van der Waals surface area contributed by atoms with Crippen LogP contribution in [0, 0.1) is 0 Å². The van der Waals surface area contributed by atoms with Crippen molar-refractivity contribution in [3.63, 3.8) is 0 Å². The van der Waals surface area contributed by atoms with Gasteiger partial charge in [0.25, 0.3) is 0 Å². The minimum atomic E-state index is -0.981. The Morgan fingerprint density at radius 1 is 1.45 bits per heavy atom. The van der Waals surface area contributed by atoms with E-state index in [0.29, 0.717) is 0 Å². The molecule has 2 nitrogen and oxygen atoms in total. The number of aliphatic carboxylic acids is 1. The molecular formula is C9H12O2. The summed E-state index contributed by atoms with van der Waals surface area (Å²) >= 11 is 0. The highest BCUT2D eigenvalue weighted by Crippen LogP contribution is 1.98. The quantitative estimate of drug-likeness (QED) is 0.497. The van der Waals surface area contributed by atoms with E-state index >= 15 is 0 Å². The largest absolute Gasteiger partial charge is 0.478 e. The second-order valence-corrected chi connectivity index (χ2v) is 2.20. The Balaban J connectivity index is 4.15. The van der Waals surface area contributed by atoms with Crippen LogP contribution in [-0.2, 0) is 4.79 Å². The fourth-order valence-electron chi connectivity index (χ4n) is 0.400. The summed E-state index contributed by atoms with van der Waals surface area (Å²) in [5.41, 5.74) is 1.12. The van der Waals surface area contributed by atoms with Crippen LogP contribution in [0.1, 0.15) is 13.8 Å². The lowest BCUT2D eigenvalue weighted by atomic mass is 10.2. The van der Waals surface area contributed by atoms with E-state index in [0.717, 1.165) is 5.57 Å². The Kier molecular flexibility index (Phi) is 3.96. The maximum Gasteiger partial charge on any atom is 0.335 e. The third-order valence-electron chi connectivity index (χ3n) is 1.28. The van der Waals surface area contributed by atoms with E-state index in [1.807, 2.05) is 19.9 Å². The van der Waals surface area contributed by atoms with Gasteiger partial charge in [0.05, 0.1) is 5.57 Å². The third kappa shape index (κ3) is 4.14. The Hall–Kier alpha value is -1.31. The topological polar surface area (TPSA) is 37.3 Å². The molecule has 0 aliphatic rings. The van der Waals surface area contributed by atoms with Crippen molar-refractivity contribution in [2.75, 3.05) is 0 Å². The summed E-state index contributed by atoms with van der Waals surface area (Å²) in [6, 6.07) is 0. The molecule has 0 heterocycles. The molecule has 0 aliphatic carbocycles. The van der Waals surface area contributed by atoms with Gasteiger partial charge in [-0.05, 0) is 19.9 Å². The molecule has 0 aromatic carbocycles. The van der Waals surface area contributed by atoms with E-state index in [1.54, 1.807) is 6.08 Å². The van der Waals surface area contributed by atoms with Gasteiger partial charge in [0.1, 0.15) is 0 Å².